The minimum Gasteiger partial charge on any atom is -0.457 e. The Morgan fingerprint density at radius 1 is 1.07 bits per heavy atom. The van der Waals surface area contributed by atoms with Crippen LogP contribution in [0.2, 0.25) is 0 Å². The number of hydrogen-bond donors (Lipinski definition) is 1. The van der Waals surface area contributed by atoms with Gasteiger partial charge in [-0.25, -0.2) is 9.79 Å². The lowest BCUT2D eigenvalue weighted by molar-refractivity contribution is 0.0472. The number of carbonyl (C=O) groups excluding carboxylic acids is 1. The molecule has 6 nitrogen and oxygen atoms in total. The zero-order valence-corrected chi connectivity index (χ0v) is 17.4. The lowest BCUT2D eigenvalue weighted by Crippen LogP contribution is -2.44. The summed E-state index contributed by atoms with van der Waals surface area (Å²) in [7, 11) is 0. The Morgan fingerprint density at radius 2 is 1.78 bits per heavy atom. The zero-order valence-electron chi connectivity index (χ0n) is 15.0. The monoisotopic (exact) mass is 481 g/mol. The van der Waals surface area contributed by atoms with Crippen LogP contribution in [-0.4, -0.2) is 43.1 Å². The van der Waals surface area contributed by atoms with Gasteiger partial charge in [-0.05, 0) is 23.3 Å². The third-order valence-corrected chi connectivity index (χ3v) is 4.13. The van der Waals surface area contributed by atoms with Crippen LogP contribution in [0.25, 0.3) is 0 Å². The summed E-state index contributed by atoms with van der Waals surface area (Å²) in [4.78, 5) is 18.7. The number of carbonyl (C=O) groups is 1. The van der Waals surface area contributed by atoms with Gasteiger partial charge in [-0.2, -0.15) is 0 Å². The number of benzene rings is 2. The average molecular weight is 481 g/mol. The first-order chi connectivity index (χ1) is 12.7. The standard InChI is InChI=1S/C20H23N3O3.HI/c21-20(23-9-11-25-12-10-23)22-14-17-7-4-8-18(13-17)19(24)26-15-16-5-2-1-3-6-16;/h1-8,13H,9-12,14-15H2,(H2,21,22);1H. The van der Waals surface area contributed by atoms with E-state index < -0.39 is 0 Å². The van der Waals surface area contributed by atoms with Crippen LogP contribution in [0, 0.1) is 0 Å². The number of nitrogens with zero attached hydrogens (tertiary/aromatic N) is 2. The summed E-state index contributed by atoms with van der Waals surface area (Å²) in [5.41, 5.74) is 8.42. The van der Waals surface area contributed by atoms with Crippen LogP contribution in [-0.2, 0) is 22.6 Å². The van der Waals surface area contributed by atoms with E-state index in [0.29, 0.717) is 31.3 Å². The van der Waals surface area contributed by atoms with E-state index in [1.165, 1.54) is 0 Å². The van der Waals surface area contributed by atoms with Crippen LogP contribution >= 0.6 is 24.0 Å². The van der Waals surface area contributed by atoms with Crippen molar-refractivity contribution in [3.05, 3.63) is 71.3 Å². The smallest absolute Gasteiger partial charge is 0.338 e. The summed E-state index contributed by atoms with van der Waals surface area (Å²) in [5.74, 6) is 0.159. The Morgan fingerprint density at radius 3 is 2.52 bits per heavy atom. The van der Waals surface area contributed by atoms with Crippen LogP contribution in [0.1, 0.15) is 21.5 Å². The average Bonchev–Trinajstić information content (AvgIpc) is 2.72. The molecule has 2 aromatic rings. The molecule has 0 aromatic heterocycles. The fourth-order valence-electron chi connectivity index (χ4n) is 2.67. The van der Waals surface area contributed by atoms with E-state index in [4.69, 9.17) is 15.2 Å². The number of esters is 1. The molecule has 1 aliphatic heterocycles. The highest BCUT2D eigenvalue weighted by Crippen LogP contribution is 2.10. The van der Waals surface area contributed by atoms with Crippen molar-refractivity contribution < 1.29 is 14.3 Å². The second kappa shape index (κ2) is 10.9. The molecular formula is C20H24IN3O3. The highest BCUT2D eigenvalue weighted by Gasteiger charge is 2.12. The van der Waals surface area contributed by atoms with Crippen molar-refractivity contribution in [3.63, 3.8) is 0 Å². The Labute approximate surface area is 176 Å². The van der Waals surface area contributed by atoms with E-state index in [1.54, 1.807) is 12.1 Å². The zero-order chi connectivity index (χ0) is 18.2. The van der Waals surface area contributed by atoms with E-state index in [2.05, 4.69) is 4.99 Å². The maximum Gasteiger partial charge on any atom is 0.338 e. The molecule has 0 atom stereocenters. The van der Waals surface area contributed by atoms with Crippen molar-refractivity contribution in [1.29, 1.82) is 0 Å². The summed E-state index contributed by atoms with van der Waals surface area (Å²) in [5, 5.41) is 0. The van der Waals surface area contributed by atoms with Crippen LogP contribution in [0.3, 0.4) is 0 Å². The molecule has 7 heteroatoms. The first kappa shape index (κ1) is 21.2. The molecule has 144 valence electrons. The lowest BCUT2D eigenvalue weighted by atomic mass is 10.1. The number of nitrogens with two attached hydrogens (primary N) is 1. The van der Waals surface area contributed by atoms with Gasteiger partial charge in [0.25, 0.3) is 0 Å². The third-order valence-electron chi connectivity index (χ3n) is 4.13. The fourth-order valence-corrected chi connectivity index (χ4v) is 2.67. The molecular weight excluding hydrogens is 457 g/mol. The quantitative estimate of drug-likeness (QED) is 0.308. The minimum atomic E-state index is -0.346. The largest absolute Gasteiger partial charge is 0.457 e. The van der Waals surface area contributed by atoms with Crippen LogP contribution < -0.4 is 5.73 Å². The van der Waals surface area contributed by atoms with E-state index >= 15 is 0 Å². The predicted molar refractivity (Wildman–Crippen MR) is 115 cm³/mol. The highest BCUT2D eigenvalue weighted by molar-refractivity contribution is 14.0. The number of rotatable bonds is 5. The van der Waals surface area contributed by atoms with Crippen molar-refractivity contribution in [2.45, 2.75) is 13.2 Å². The van der Waals surface area contributed by atoms with E-state index in [1.807, 2.05) is 47.4 Å². The molecule has 0 aliphatic carbocycles. The molecule has 2 N–H and O–H groups in total. The fraction of sp³-hybridized carbons (Fsp3) is 0.300. The van der Waals surface area contributed by atoms with Gasteiger partial charge in [0.05, 0.1) is 25.3 Å². The topological polar surface area (TPSA) is 77.1 Å². The molecule has 1 saturated heterocycles. The molecule has 0 spiro atoms. The SMILES string of the molecule is I.NC(=NCc1cccc(C(=O)OCc2ccccc2)c1)N1CCOCC1. The van der Waals surface area contributed by atoms with Crippen LogP contribution in [0.4, 0.5) is 0 Å². The van der Waals surface area contributed by atoms with E-state index in [9.17, 15) is 4.79 Å². The van der Waals surface area contributed by atoms with Gasteiger partial charge in [0.2, 0.25) is 0 Å². The number of halogens is 1. The van der Waals surface area contributed by atoms with Crippen molar-refractivity contribution in [1.82, 2.24) is 4.90 Å². The van der Waals surface area contributed by atoms with Crippen LogP contribution in [0.15, 0.2) is 59.6 Å². The predicted octanol–water partition coefficient (Wildman–Crippen LogP) is 2.81. The van der Waals surface area contributed by atoms with Gasteiger partial charge < -0.3 is 20.1 Å². The number of ether oxygens (including phenoxy) is 2. The molecule has 2 aromatic carbocycles. The maximum absolute atomic E-state index is 12.3. The molecule has 0 bridgehead atoms. The molecule has 1 aliphatic rings. The van der Waals surface area contributed by atoms with Gasteiger partial charge in [0.15, 0.2) is 5.96 Å². The Balaban J connectivity index is 0.00000261. The Hall–Kier alpha value is -2.13. The first-order valence-corrected chi connectivity index (χ1v) is 8.65. The molecule has 1 fully saturated rings. The van der Waals surface area contributed by atoms with Gasteiger partial charge in [-0.15, -0.1) is 24.0 Å². The number of morpholine rings is 1. The van der Waals surface area contributed by atoms with Gasteiger partial charge in [-0.1, -0.05) is 42.5 Å². The normalized spacial score (nSPS) is 14.4. The molecule has 0 saturated carbocycles. The third kappa shape index (κ3) is 6.51. The van der Waals surface area contributed by atoms with Crippen molar-refractivity contribution in [3.8, 4) is 0 Å². The second-order valence-electron chi connectivity index (χ2n) is 6.04. The minimum absolute atomic E-state index is 0. The highest BCUT2D eigenvalue weighted by atomic mass is 127. The number of guanidine groups is 1. The maximum atomic E-state index is 12.3. The first-order valence-electron chi connectivity index (χ1n) is 8.65. The molecule has 0 radical (unpaired) electrons. The van der Waals surface area contributed by atoms with Crippen molar-refractivity contribution in [2.24, 2.45) is 10.7 Å². The van der Waals surface area contributed by atoms with Crippen molar-refractivity contribution in [2.75, 3.05) is 26.3 Å². The molecule has 0 unspecified atom stereocenters. The summed E-state index contributed by atoms with van der Waals surface area (Å²) in [6.07, 6.45) is 0. The summed E-state index contributed by atoms with van der Waals surface area (Å²) < 4.78 is 10.7. The van der Waals surface area contributed by atoms with Crippen molar-refractivity contribution >= 4 is 35.9 Å². The van der Waals surface area contributed by atoms with E-state index in [0.717, 1.165) is 24.2 Å². The van der Waals surface area contributed by atoms with Gasteiger partial charge in [-0.3, -0.25) is 0 Å². The van der Waals surface area contributed by atoms with Gasteiger partial charge >= 0.3 is 5.97 Å². The summed E-state index contributed by atoms with van der Waals surface area (Å²) >= 11 is 0. The molecule has 1 heterocycles. The number of aliphatic imine (C=N–C) groups is 1. The summed E-state index contributed by atoms with van der Waals surface area (Å²) in [6.45, 7) is 3.51. The Bertz CT molecular complexity index is 762. The molecule has 3 rings (SSSR count). The molecule has 0 amide bonds. The second-order valence-corrected chi connectivity index (χ2v) is 6.04. The van der Waals surface area contributed by atoms with Gasteiger partial charge in [0, 0.05) is 13.1 Å². The Kier molecular flexibility index (Phi) is 8.53. The lowest BCUT2D eigenvalue weighted by Gasteiger charge is -2.27. The van der Waals surface area contributed by atoms with E-state index in [-0.39, 0.29) is 36.6 Å². The van der Waals surface area contributed by atoms with Gasteiger partial charge in [0.1, 0.15) is 6.61 Å². The number of hydrogen-bond acceptors (Lipinski definition) is 4. The molecule has 27 heavy (non-hydrogen) atoms. The summed E-state index contributed by atoms with van der Waals surface area (Å²) in [6, 6.07) is 16.9. The van der Waals surface area contributed by atoms with Crippen LogP contribution in [0.5, 0.6) is 0 Å².